The van der Waals surface area contributed by atoms with E-state index in [4.69, 9.17) is 12.2 Å². The minimum Gasteiger partial charge on any atom is -0.343 e. The molecule has 1 aromatic heterocycles. The third-order valence-corrected chi connectivity index (χ3v) is 2.86. The van der Waals surface area contributed by atoms with Gasteiger partial charge in [-0.05, 0) is 12.5 Å². The summed E-state index contributed by atoms with van der Waals surface area (Å²) in [5, 5.41) is 10.8. The third-order valence-electron chi connectivity index (χ3n) is 2.65. The number of aryl methyl sites for hydroxylation is 1. The standard InChI is InChI=1S/C13H13N3O2S/c1-2-4-12-14-11(8-13(19)15-12)9-5-3-6-10(7-9)16(17)18/h3,5-8H,2,4H2,1H3,(H,14,15,19). The Labute approximate surface area is 115 Å². The zero-order valence-corrected chi connectivity index (χ0v) is 11.2. The maximum absolute atomic E-state index is 10.8. The van der Waals surface area contributed by atoms with Crippen molar-refractivity contribution in [3.63, 3.8) is 0 Å². The topological polar surface area (TPSA) is 71.8 Å². The van der Waals surface area contributed by atoms with Gasteiger partial charge in [0.15, 0.2) is 0 Å². The van der Waals surface area contributed by atoms with Crippen LogP contribution in [0.1, 0.15) is 19.2 Å². The zero-order chi connectivity index (χ0) is 13.8. The van der Waals surface area contributed by atoms with Crippen LogP contribution in [-0.4, -0.2) is 14.9 Å². The van der Waals surface area contributed by atoms with Gasteiger partial charge in [0.05, 0.1) is 4.92 Å². The van der Waals surface area contributed by atoms with E-state index in [-0.39, 0.29) is 5.69 Å². The molecule has 0 aliphatic carbocycles. The fourth-order valence-electron chi connectivity index (χ4n) is 1.81. The van der Waals surface area contributed by atoms with Crippen LogP contribution in [0.15, 0.2) is 30.3 Å². The molecule has 1 N–H and O–H groups in total. The van der Waals surface area contributed by atoms with Gasteiger partial charge in [-0.3, -0.25) is 10.1 Å². The number of H-pyrrole nitrogens is 1. The van der Waals surface area contributed by atoms with Gasteiger partial charge >= 0.3 is 0 Å². The fourth-order valence-corrected chi connectivity index (χ4v) is 2.03. The second-order valence-electron chi connectivity index (χ2n) is 4.14. The van der Waals surface area contributed by atoms with E-state index < -0.39 is 4.92 Å². The Bertz CT molecular complexity index is 667. The van der Waals surface area contributed by atoms with Gasteiger partial charge in [0.1, 0.15) is 10.5 Å². The molecule has 0 bridgehead atoms. The lowest BCUT2D eigenvalue weighted by Crippen LogP contribution is -1.97. The normalized spacial score (nSPS) is 10.4. The Kier molecular flexibility index (Phi) is 4.01. The van der Waals surface area contributed by atoms with Crippen LogP contribution in [0, 0.1) is 14.8 Å². The van der Waals surface area contributed by atoms with Crippen LogP contribution in [0.2, 0.25) is 0 Å². The van der Waals surface area contributed by atoms with Crippen LogP contribution in [0.25, 0.3) is 11.3 Å². The molecule has 5 nitrogen and oxygen atoms in total. The summed E-state index contributed by atoms with van der Waals surface area (Å²) >= 11 is 5.12. The maximum Gasteiger partial charge on any atom is 0.270 e. The van der Waals surface area contributed by atoms with E-state index in [1.165, 1.54) is 12.1 Å². The second kappa shape index (κ2) is 5.71. The predicted octanol–water partition coefficient (Wildman–Crippen LogP) is 3.67. The number of nitro benzene ring substituents is 1. The van der Waals surface area contributed by atoms with Crippen LogP contribution in [0.3, 0.4) is 0 Å². The Balaban J connectivity index is 2.49. The number of nitrogens with zero attached hydrogens (tertiary/aromatic N) is 2. The molecule has 0 aliphatic heterocycles. The van der Waals surface area contributed by atoms with Crippen molar-refractivity contribution in [2.45, 2.75) is 19.8 Å². The van der Waals surface area contributed by atoms with Gasteiger partial charge in [-0.2, -0.15) is 0 Å². The molecule has 6 heteroatoms. The highest BCUT2D eigenvalue weighted by Gasteiger charge is 2.08. The van der Waals surface area contributed by atoms with E-state index in [1.54, 1.807) is 12.1 Å². The molecular weight excluding hydrogens is 262 g/mol. The highest BCUT2D eigenvalue weighted by molar-refractivity contribution is 7.71. The third kappa shape index (κ3) is 3.23. The van der Waals surface area contributed by atoms with E-state index in [0.717, 1.165) is 29.9 Å². The van der Waals surface area contributed by atoms with Crippen molar-refractivity contribution in [1.29, 1.82) is 0 Å². The Morgan fingerprint density at radius 1 is 1.42 bits per heavy atom. The minimum absolute atomic E-state index is 0.0608. The summed E-state index contributed by atoms with van der Waals surface area (Å²) in [6, 6.07) is 8.17. The molecule has 0 saturated carbocycles. The van der Waals surface area contributed by atoms with Gasteiger partial charge in [0.2, 0.25) is 0 Å². The van der Waals surface area contributed by atoms with Gasteiger partial charge in [-0.1, -0.05) is 31.3 Å². The molecule has 19 heavy (non-hydrogen) atoms. The van der Waals surface area contributed by atoms with Crippen LogP contribution in [0.4, 0.5) is 5.69 Å². The summed E-state index contributed by atoms with van der Waals surface area (Å²) in [5.41, 5.74) is 1.55. The molecule has 98 valence electrons. The number of aromatic nitrogens is 2. The lowest BCUT2D eigenvalue weighted by molar-refractivity contribution is -0.384. The number of benzene rings is 1. The summed E-state index contributed by atoms with van der Waals surface area (Å²) < 4.78 is 0.490. The molecule has 1 aromatic carbocycles. The summed E-state index contributed by atoms with van der Waals surface area (Å²) in [6.07, 6.45) is 1.75. The predicted molar refractivity (Wildman–Crippen MR) is 75.5 cm³/mol. The molecule has 2 aromatic rings. The molecule has 0 fully saturated rings. The SMILES string of the molecule is CCCc1nc(=S)cc(-c2cccc([N+](=O)[O-])c2)[nH]1. The van der Waals surface area contributed by atoms with E-state index in [1.807, 2.05) is 6.07 Å². The van der Waals surface area contributed by atoms with Crippen molar-refractivity contribution in [1.82, 2.24) is 9.97 Å². The van der Waals surface area contributed by atoms with Gasteiger partial charge < -0.3 is 4.98 Å². The zero-order valence-electron chi connectivity index (χ0n) is 10.4. The van der Waals surface area contributed by atoms with Crippen LogP contribution in [-0.2, 0) is 6.42 Å². The molecule has 0 unspecified atom stereocenters. The molecule has 0 amide bonds. The molecule has 0 spiro atoms. The van der Waals surface area contributed by atoms with Gasteiger partial charge in [0, 0.05) is 29.8 Å². The number of aromatic amines is 1. The van der Waals surface area contributed by atoms with Crippen molar-refractivity contribution in [3.8, 4) is 11.3 Å². The lowest BCUT2D eigenvalue weighted by Gasteiger charge is -2.05. The van der Waals surface area contributed by atoms with Gasteiger partial charge in [-0.25, -0.2) is 4.98 Å². The smallest absolute Gasteiger partial charge is 0.270 e. The summed E-state index contributed by atoms with van der Waals surface area (Å²) in [5.74, 6) is 0.802. The number of non-ortho nitro benzene ring substituents is 1. The quantitative estimate of drug-likeness (QED) is 0.525. The molecular formula is C13H13N3O2S. The van der Waals surface area contributed by atoms with Gasteiger partial charge in [-0.15, -0.1) is 0 Å². The lowest BCUT2D eigenvalue weighted by atomic mass is 10.1. The van der Waals surface area contributed by atoms with Gasteiger partial charge in [0.25, 0.3) is 5.69 Å². The number of nitrogens with one attached hydrogen (secondary N) is 1. The number of hydrogen-bond donors (Lipinski definition) is 1. The van der Waals surface area contributed by atoms with Crippen molar-refractivity contribution < 1.29 is 4.92 Å². The maximum atomic E-state index is 10.8. The van der Waals surface area contributed by atoms with E-state index in [0.29, 0.717) is 4.64 Å². The van der Waals surface area contributed by atoms with E-state index >= 15 is 0 Å². The Morgan fingerprint density at radius 3 is 2.89 bits per heavy atom. The fraction of sp³-hybridized carbons (Fsp3) is 0.231. The monoisotopic (exact) mass is 275 g/mol. The first kappa shape index (κ1) is 13.4. The minimum atomic E-state index is -0.410. The summed E-state index contributed by atoms with van der Waals surface area (Å²) in [7, 11) is 0. The van der Waals surface area contributed by atoms with Crippen molar-refractivity contribution in [2.24, 2.45) is 0 Å². The van der Waals surface area contributed by atoms with Crippen molar-refractivity contribution in [3.05, 3.63) is 50.9 Å². The van der Waals surface area contributed by atoms with Crippen molar-refractivity contribution >= 4 is 17.9 Å². The Hall–Kier alpha value is -2.08. The number of nitro groups is 1. The first-order valence-corrected chi connectivity index (χ1v) is 6.36. The second-order valence-corrected chi connectivity index (χ2v) is 4.56. The average Bonchev–Trinajstić information content (AvgIpc) is 2.38. The number of rotatable bonds is 4. The first-order chi connectivity index (χ1) is 9.10. The van der Waals surface area contributed by atoms with E-state index in [9.17, 15) is 10.1 Å². The molecule has 0 radical (unpaired) electrons. The molecule has 1 heterocycles. The first-order valence-electron chi connectivity index (χ1n) is 5.95. The average molecular weight is 275 g/mol. The summed E-state index contributed by atoms with van der Waals surface area (Å²) in [6.45, 7) is 2.05. The largest absolute Gasteiger partial charge is 0.343 e. The highest BCUT2D eigenvalue weighted by Crippen LogP contribution is 2.22. The van der Waals surface area contributed by atoms with E-state index in [2.05, 4.69) is 16.9 Å². The van der Waals surface area contributed by atoms with Crippen LogP contribution in [0.5, 0.6) is 0 Å². The van der Waals surface area contributed by atoms with Crippen LogP contribution >= 0.6 is 12.2 Å². The molecule has 0 aliphatic rings. The molecule has 0 atom stereocenters. The van der Waals surface area contributed by atoms with Crippen molar-refractivity contribution in [2.75, 3.05) is 0 Å². The number of hydrogen-bond acceptors (Lipinski definition) is 4. The Morgan fingerprint density at radius 2 is 2.21 bits per heavy atom. The highest BCUT2D eigenvalue weighted by atomic mass is 32.1. The molecule has 2 rings (SSSR count). The summed E-state index contributed by atoms with van der Waals surface area (Å²) in [4.78, 5) is 17.8. The van der Waals surface area contributed by atoms with Crippen LogP contribution < -0.4 is 0 Å². The molecule has 0 saturated heterocycles.